The highest BCUT2D eigenvalue weighted by Crippen LogP contribution is 2.11. The monoisotopic (exact) mass is 378 g/mol. The van der Waals surface area contributed by atoms with E-state index >= 15 is 0 Å². The van der Waals surface area contributed by atoms with Gasteiger partial charge in [0.05, 0.1) is 6.10 Å². The molecule has 4 N–H and O–H groups in total. The molecule has 1 atom stereocenters. The van der Waals surface area contributed by atoms with Crippen molar-refractivity contribution in [1.29, 1.82) is 0 Å². The molecule has 1 rings (SSSR count). The van der Waals surface area contributed by atoms with Crippen molar-refractivity contribution >= 4 is 11.9 Å². The number of hydrogen-bond acceptors (Lipinski definition) is 4. The van der Waals surface area contributed by atoms with E-state index in [1.165, 1.54) is 12.1 Å². The summed E-state index contributed by atoms with van der Waals surface area (Å²) in [5, 5.41) is 18.5. The number of phenolic OH excluding ortho intramolecular Hbond substituents is 1. The number of aromatic hydroxyl groups is 1. The van der Waals surface area contributed by atoms with Gasteiger partial charge in [0.25, 0.3) is 5.91 Å². The summed E-state index contributed by atoms with van der Waals surface area (Å²) in [5.74, 6) is 1.17. The average Bonchev–Trinajstić information content (AvgIpc) is 2.64. The Kier molecular flexibility index (Phi) is 10.9. The molecule has 1 amide bonds. The third-order valence-corrected chi connectivity index (χ3v) is 3.98. The summed E-state index contributed by atoms with van der Waals surface area (Å²) in [4.78, 5) is 16.6. The second-order valence-electron chi connectivity index (χ2n) is 6.52. The molecule has 0 fully saturated rings. The molecule has 7 heteroatoms. The second-order valence-corrected chi connectivity index (χ2v) is 6.52. The maximum atomic E-state index is 12.0. The largest absolute Gasteiger partial charge is 0.508 e. The Balaban J connectivity index is 2.38. The van der Waals surface area contributed by atoms with Gasteiger partial charge in [-0.2, -0.15) is 0 Å². The zero-order valence-electron chi connectivity index (χ0n) is 16.9. The number of nitrogens with zero attached hydrogens (tertiary/aromatic N) is 1. The molecule has 0 aliphatic heterocycles. The summed E-state index contributed by atoms with van der Waals surface area (Å²) in [7, 11) is 0. The van der Waals surface area contributed by atoms with Crippen molar-refractivity contribution in [2.45, 2.75) is 40.2 Å². The predicted molar refractivity (Wildman–Crippen MR) is 109 cm³/mol. The Labute approximate surface area is 162 Å². The van der Waals surface area contributed by atoms with E-state index in [-0.39, 0.29) is 17.8 Å². The van der Waals surface area contributed by atoms with Crippen LogP contribution in [0, 0.1) is 5.92 Å². The average molecular weight is 379 g/mol. The summed E-state index contributed by atoms with van der Waals surface area (Å²) in [6.07, 6.45) is 1.09. The van der Waals surface area contributed by atoms with Gasteiger partial charge in [-0.1, -0.05) is 13.8 Å². The Morgan fingerprint density at radius 2 is 1.78 bits per heavy atom. The van der Waals surface area contributed by atoms with Crippen molar-refractivity contribution < 1.29 is 14.6 Å². The van der Waals surface area contributed by atoms with Crippen molar-refractivity contribution in [1.82, 2.24) is 16.0 Å². The molecule has 1 aromatic carbocycles. The molecule has 1 unspecified atom stereocenters. The summed E-state index contributed by atoms with van der Waals surface area (Å²) < 4.78 is 5.75. The third kappa shape index (κ3) is 9.28. The van der Waals surface area contributed by atoms with Crippen LogP contribution in [0.15, 0.2) is 29.3 Å². The highest BCUT2D eigenvalue weighted by Gasteiger charge is 2.12. The molecule has 0 spiro atoms. The number of amides is 1. The fraction of sp³-hybridized carbons (Fsp3) is 0.600. The maximum Gasteiger partial charge on any atom is 0.251 e. The van der Waals surface area contributed by atoms with Gasteiger partial charge in [0.15, 0.2) is 5.96 Å². The van der Waals surface area contributed by atoms with Crippen LogP contribution >= 0.6 is 0 Å². The SMILES string of the molecule is CCNC(=NCCC(OCC)C(C)C)NCCNC(=O)c1ccc(O)cc1. The first-order valence-corrected chi connectivity index (χ1v) is 9.68. The number of rotatable bonds is 11. The van der Waals surface area contributed by atoms with E-state index in [2.05, 4.69) is 34.8 Å². The number of hydrogen-bond donors (Lipinski definition) is 4. The van der Waals surface area contributed by atoms with E-state index in [1.54, 1.807) is 12.1 Å². The molecule has 0 heterocycles. The summed E-state index contributed by atoms with van der Waals surface area (Å²) >= 11 is 0. The van der Waals surface area contributed by atoms with Gasteiger partial charge in [0.2, 0.25) is 0 Å². The number of guanidine groups is 1. The Bertz CT molecular complexity index is 573. The molecule has 0 aliphatic rings. The van der Waals surface area contributed by atoms with Crippen LogP contribution in [-0.4, -0.2) is 55.9 Å². The minimum Gasteiger partial charge on any atom is -0.508 e. The van der Waals surface area contributed by atoms with Crippen LogP contribution in [-0.2, 0) is 4.74 Å². The molecular weight excluding hydrogens is 344 g/mol. The van der Waals surface area contributed by atoms with Crippen molar-refractivity contribution in [2.75, 3.05) is 32.8 Å². The minimum atomic E-state index is -0.171. The lowest BCUT2D eigenvalue weighted by Gasteiger charge is -2.20. The lowest BCUT2D eigenvalue weighted by atomic mass is 10.0. The second kappa shape index (κ2) is 13.0. The van der Waals surface area contributed by atoms with E-state index in [1.807, 2.05) is 13.8 Å². The topological polar surface area (TPSA) is 95.0 Å². The molecule has 152 valence electrons. The maximum absolute atomic E-state index is 12.0. The van der Waals surface area contributed by atoms with Crippen LogP contribution in [0.2, 0.25) is 0 Å². The van der Waals surface area contributed by atoms with E-state index in [9.17, 15) is 9.90 Å². The normalized spacial score (nSPS) is 12.7. The van der Waals surface area contributed by atoms with Crippen LogP contribution in [0.1, 0.15) is 44.5 Å². The Morgan fingerprint density at radius 3 is 2.37 bits per heavy atom. The summed E-state index contributed by atoms with van der Waals surface area (Å²) in [5.41, 5.74) is 0.518. The molecule has 0 aromatic heterocycles. The van der Waals surface area contributed by atoms with E-state index in [0.29, 0.717) is 37.7 Å². The Hall–Kier alpha value is -2.28. The molecule has 1 aromatic rings. The van der Waals surface area contributed by atoms with E-state index < -0.39 is 0 Å². The van der Waals surface area contributed by atoms with Crippen LogP contribution in [0.5, 0.6) is 5.75 Å². The minimum absolute atomic E-state index is 0.142. The summed E-state index contributed by atoms with van der Waals surface area (Å²) in [6, 6.07) is 6.17. The highest BCUT2D eigenvalue weighted by atomic mass is 16.5. The fourth-order valence-corrected chi connectivity index (χ4v) is 2.54. The molecule has 0 saturated carbocycles. The zero-order chi connectivity index (χ0) is 20.1. The van der Waals surface area contributed by atoms with Gasteiger partial charge in [-0.25, -0.2) is 0 Å². The van der Waals surface area contributed by atoms with E-state index in [0.717, 1.165) is 18.9 Å². The first kappa shape index (κ1) is 22.8. The van der Waals surface area contributed by atoms with Gasteiger partial charge in [0.1, 0.15) is 5.75 Å². The van der Waals surface area contributed by atoms with Crippen LogP contribution < -0.4 is 16.0 Å². The number of aliphatic imine (C=N–C) groups is 1. The van der Waals surface area contributed by atoms with Crippen molar-refractivity contribution in [3.8, 4) is 5.75 Å². The predicted octanol–water partition coefficient (Wildman–Crippen LogP) is 2.13. The van der Waals surface area contributed by atoms with Gasteiger partial charge in [0, 0.05) is 38.3 Å². The zero-order valence-corrected chi connectivity index (χ0v) is 16.9. The van der Waals surface area contributed by atoms with Crippen molar-refractivity contribution in [3.63, 3.8) is 0 Å². The van der Waals surface area contributed by atoms with Crippen LogP contribution in [0.4, 0.5) is 0 Å². The highest BCUT2D eigenvalue weighted by molar-refractivity contribution is 5.94. The Morgan fingerprint density at radius 1 is 1.11 bits per heavy atom. The number of nitrogens with one attached hydrogen (secondary N) is 3. The molecular formula is C20H34N4O3. The quantitative estimate of drug-likeness (QED) is 0.269. The first-order chi connectivity index (χ1) is 13.0. The smallest absolute Gasteiger partial charge is 0.251 e. The van der Waals surface area contributed by atoms with Gasteiger partial charge in [-0.3, -0.25) is 9.79 Å². The molecule has 0 aliphatic carbocycles. The van der Waals surface area contributed by atoms with Gasteiger partial charge in [-0.15, -0.1) is 0 Å². The van der Waals surface area contributed by atoms with E-state index in [4.69, 9.17) is 4.74 Å². The lowest BCUT2D eigenvalue weighted by molar-refractivity contribution is 0.0266. The van der Waals surface area contributed by atoms with Gasteiger partial charge in [-0.05, 0) is 50.5 Å². The lowest BCUT2D eigenvalue weighted by Crippen LogP contribution is -2.41. The standard InChI is InChI=1S/C20H34N4O3/c1-5-21-20(23-12-11-18(15(3)4)27-6-2)24-14-13-22-19(26)16-7-9-17(25)10-8-16/h7-10,15,18,25H,5-6,11-14H2,1-4H3,(H,22,26)(H2,21,23,24). The number of ether oxygens (including phenoxy) is 1. The third-order valence-electron chi connectivity index (χ3n) is 3.98. The van der Waals surface area contributed by atoms with Crippen molar-refractivity contribution in [2.24, 2.45) is 10.9 Å². The number of carbonyl (C=O) groups excluding carboxylic acids is 1. The molecule has 0 radical (unpaired) electrons. The van der Waals surface area contributed by atoms with Crippen molar-refractivity contribution in [3.05, 3.63) is 29.8 Å². The summed E-state index contributed by atoms with van der Waals surface area (Å²) in [6.45, 7) is 11.5. The fourth-order valence-electron chi connectivity index (χ4n) is 2.54. The first-order valence-electron chi connectivity index (χ1n) is 9.68. The molecule has 0 saturated heterocycles. The molecule has 27 heavy (non-hydrogen) atoms. The van der Waals surface area contributed by atoms with Crippen LogP contribution in [0.3, 0.4) is 0 Å². The van der Waals surface area contributed by atoms with Gasteiger partial charge >= 0.3 is 0 Å². The number of phenols is 1. The van der Waals surface area contributed by atoms with Crippen LogP contribution in [0.25, 0.3) is 0 Å². The molecule has 7 nitrogen and oxygen atoms in total. The number of benzene rings is 1. The molecule has 0 bridgehead atoms. The van der Waals surface area contributed by atoms with Gasteiger partial charge < -0.3 is 25.8 Å². The number of carbonyl (C=O) groups is 1.